The van der Waals surface area contributed by atoms with Crippen LogP contribution in [0, 0.1) is 46.5 Å². The van der Waals surface area contributed by atoms with E-state index < -0.39 is 80.2 Å². The molecule has 0 unspecified atom stereocenters. The van der Waals surface area contributed by atoms with E-state index >= 15 is 8.78 Å². The maximum Gasteiger partial charge on any atom is 0.168 e. The summed E-state index contributed by atoms with van der Waals surface area (Å²) >= 11 is 0. The lowest BCUT2D eigenvalue weighted by atomic mass is 9.97. The molecule has 1 heterocycles. The first-order chi connectivity index (χ1) is 15.2. The van der Waals surface area contributed by atoms with Gasteiger partial charge in [0.05, 0.1) is 5.56 Å². The summed E-state index contributed by atoms with van der Waals surface area (Å²) in [4.78, 5) is 3.57. The Hall–Kier alpha value is -3.75. The molecule has 3 aromatic carbocycles. The number of pyridine rings is 1. The number of hydrogen-bond acceptors (Lipinski definition) is 1. The van der Waals surface area contributed by atoms with E-state index in [4.69, 9.17) is 0 Å². The first-order valence-electron chi connectivity index (χ1n) is 8.94. The van der Waals surface area contributed by atoms with Crippen molar-refractivity contribution in [3.8, 4) is 33.6 Å². The number of aromatic nitrogens is 1. The zero-order chi connectivity index (χ0) is 23.2. The van der Waals surface area contributed by atoms with Crippen LogP contribution in [-0.2, 0) is 0 Å². The molecule has 0 bridgehead atoms. The molecule has 0 saturated heterocycles. The molecule has 4 aromatic rings. The van der Waals surface area contributed by atoms with Crippen LogP contribution in [0.15, 0.2) is 54.6 Å². The monoisotopic (exact) mass is 451 g/mol. The van der Waals surface area contributed by atoms with Gasteiger partial charge in [-0.25, -0.2) is 40.1 Å². The predicted molar refractivity (Wildman–Crippen MR) is 100 cm³/mol. The highest BCUT2D eigenvalue weighted by Gasteiger charge is 2.29. The number of rotatable bonds is 3. The van der Waals surface area contributed by atoms with Gasteiger partial charge < -0.3 is 0 Å². The van der Waals surface area contributed by atoms with Gasteiger partial charge in [-0.15, -0.1) is 0 Å². The number of hydrogen-bond donors (Lipinski definition) is 0. The van der Waals surface area contributed by atoms with Gasteiger partial charge in [0.2, 0.25) is 0 Å². The fourth-order valence-electron chi connectivity index (χ4n) is 3.21. The molecule has 32 heavy (non-hydrogen) atoms. The lowest BCUT2D eigenvalue weighted by Gasteiger charge is -2.15. The van der Waals surface area contributed by atoms with Gasteiger partial charge in [-0.1, -0.05) is 24.3 Å². The van der Waals surface area contributed by atoms with Gasteiger partial charge in [-0.3, -0.25) is 0 Å². The summed E-state index contributed by atoms with van der Waals surface area (Å²) in [7, 11) is 0. The maximum atomic E-state index is 15.4. The Labute approximate surface area is 175 Å². The Kier molecular flexibility index (Phi) is 5.41. The van der Waals surface area contributed by atoms with Crippen molar-refractivity contribution < 1.29 is 35.1 Å². The Bertz CT molecular complexity index is 1290. The van der Waals surface area contributed by atoms with Gasteiger partial charge in [-0.05, 0) is 30.3 Å². The van der Waals surface area contributed by atoms with Crippen LogP contribution in [0.2, 0.25) is 0 Å². The summed E-state index contributed by atoms with van der Waals surface area (Å²) in [5.41, 5.74) is -5.74. The molecule has 0 atom stereocenters. The van der Waals surface area contributed by atoms with Crippen LogP contribution in [-0.4, -0.2) is 4.98 Å². The molecular formula is C23H9F8N. The second kappa shape index (κ2) is 8.07. The van der Waals surface area contributed by atoms with Gasteiger partial charge in [0.15, 0.2) is 46.5 Å². The van der Waals surface area contributed by atoms with Crippen LogP contribution in [0.3, 0.4) is 0 Å². The van der Waals surface area contributed by atoms with Gasteiger partial charge >= 0.3 is 0 Å². The molecule has 0 aliphatic rings. The predicted octanol–water partition coefficient (Wildman–Crippen LogP) is 7.20. The molecule has 0 saturated carbocycles. The van der Waals surface area contributed by atoms with Crippen LogP contribution < -0.4 is 0 Å². The third-order valence-corrected chi connectivity index (χ3v) is 4.71. The van der Waals surface area contributed by atoms with Crippen molar-refractivity contribution in [3.05, 3.63) is 101 Å². The molecule has 162 valence electrons. The first-order valence-corrected chi connectivity index (χ1v) is 8.94. The summed E-state index contributed by atoms with van der Waals surface area (Å²) in [6, 6.07) is 7.73. The van der Waals surface area contributed by atoms with E-state index in [9.17, 15) is 26.3 Å². The minimum absolute atomic E-state index is 0.691. The number of halogens is 8. The number of nitrogens with zero attached hydrogens (tertiary/aromatic N) is 1. The zero-order valence-electron chi connectivity index (χ0n) is 15.7. The Balaban J connectivity index is 2.16. The normalized spacial score (nSPS) is 11.1. The summed E-state index contributed by atoms with van der Waals surface area (Å²) in [5, 5.41) is 0. The molecular weight excluding hydrogens is 442 g/mol. The molecule has 0 aliphatic heterocycles. The smallest absolute Gasteiger partial charge is 0.168 e. The van der Waals surface area contributed by atoms with Crippen molar-refractivity contribution in [2.24, 2.45) is 0 Å². The van der Waals surface area contributed by atoms with Gasteiger partial charge in [-0.2, -0.15) is 0 Å². The van der Waals surface area contributed by atoms with E-state index in [1.54, 1.807) is 0 Å². The van der Waals surface area contributed by atoms with E-state index in [1.807, 2.05) is 0 Å². The summed E-state index contributed by atoms with van der Waals surface area (Å²) in [6.45, 7) is 0. The molecule has 9 heteroatoms. The van der Waals surface area contributed by atoms with Crippen LogP contribution in [0.5, 0.6) is 0 Å². The highest BCUT2D eigenvalue weighted by molar-refractivity contribution is 5.79. The lowest BCUT2D eigenvalue weighted by molar-refractivity contribution is 0.505. The van der Waals surface area contributed by atoms with Crippen LogP contribution in [0.25, 0.3) is 33.6 Å². The molecule has 0 fully saturated rings. The minimum atomic E-state index is -1.66. The summed E-state index contributed by atoms with van der Waals surface area (Å²) < 4.78 is 115. The molecule has 0 amide bonds. The molecule has 0 radical (unpaired) electrons. The quantitative estimate of drug-likeness (QED) is 0.300. The fourth-order valence-corrected chi connectivity index (χ4v) is 3.21. The molecule has 0 N–H and O–H groups in total. The second-order valence-corrected chi connectivity index (χ2v) is 6.62. The summed E-state index contributed by atoms with van der Waals surface area (Å²) in [5.74, 6) is -12.3. The lowest BCUT2D eigenvalue weighted by Crippen LogP contribution is -2.06. The average Bonchev–Trinajstić information content (AvgIpc) is 2.76. The topological polar surface area (TPSA) is 12.9 Å². The average molecular weight is 451 g/mol. The van der Waals surface area contributed by atoms with Crippen LogP contribution in [0.1, 0.15) is 0 Å². The molecule has 0 spiro atoms. The van der Waals surface area contributed by atoms with Crippen molar-refractivity contribution in [2.75, 3.05) is 0 Å². The number of benzene rings is 3. The van der Waals surface area contributed by atoms with E-state index in [0.717, 1.165) is 48.5 Å². The van der Waals surface area contributed by atoms with E-state index in [2.05, 4.69) is 4.98 Å². The largest absolute Gasteiger partial charge is 0.241 e. The standard InChI is InChI=1S/C23H9F8N/c24-13-7-1-4-10(17(13)27)16-20(30)22(11-5-2-8-14(25)18(11)28)32-23(21(16)31)12-6-3-9-15(26)19(12)29/h1-9H. The second-order valence-electron chi connectivity index (χ2n) is 6.62. The molecule has 0 aliphatic carbocycles. The minimum Gasteiger partial charge on any atom is -0.241 e. The molecule has 1 aromatic heterocycles. The Morgan fingerprint density at radius 3 is 1.16 bits per heavy atom. The Morgan fingerprint density at radius 2 is 0.750 bits per heavy atom. The summed E-state index contributed by atoms with van der Waals surface area (Å²) in [6.07, 6.45) is 0. The van der Waals surface area contributed by atoms with Crippen molar-refractivity contribution in [1.29, 1.82) is 0 Å². The Morgan fingerprint density at radius 1 is 0.406 bits per heavy atom. The third kappa shape index (κ3) is 3.39. The van der Waals surface area contributed by atoms with Crippen molar-refractivity contribution in [3.63, 3.8) is 0 Å². The molecule has 4 rings (SSSR count). The van der Waals surface area contributed by atoms with E-state index in [-0.39, 0.29) is 0 Å². The van der Waals surface area contributed by atoms with E-state index in [0.29, 0.717) is 6.07 Å². The fraction of sp³-hybridized carbons (Fsp3) is 0. The van der Waals surface area contributed by atoms with Gasteiger partial charge in [0, 0.05) is 16.7 Å². The highest BCUT2D eigenvalue weighted by atomic mass is 19.2. The van der Waals surface area contributed by atoms with Crippen molar-refractivity contribution >= 4 is 0 Å². The first kappa shape index (κ1) is 21.5. The third-order valence-electron chi connectivity index (χ3n) is 4.71. The molecule has 1 nitrogen and oxygen atoms in total. The van der Waals surface area contributed by atoms with Crippen LogP contribution >= 0.6 is 0 Å². The van der Waals surface area contributed by atoms with Gasteiger partial charge in [0.1, 0.15) is 11.4 Å². The SMILES string of the molecule is Fc1cccc(-c2nc(-c3cccc(F)c3F)c(F)c(-c3cccc(F)c3F)c2F)c1F. The maximum absolute atomic E-state index is 15.4. The van der Waals surface area contributed by atoms with Crippen LogP contribution in [0.4, 0.5) is 35.1 Å². The zero-order valence-corrected chi connectivity index (χ0v) is 15.7. The van der Waals surface area contributed by atoms with Crippen molar-refractivity contribution in [1.82, 2.24) is 4.98 Å². The van der Waals surface area contributed by atoms with E-state index in [1.165, 1.54) is 0 Å². The van der Waals surface area contributed by atoms with Gasteiger partial charge in [0.25, 0.3) is 0 Å². The van der Waals surface area contributed by atoms with Crippen molar-refractivity contribution in [2.45, 2.75) is 0 Å². The highest BCUT2D eigenvalue weighted by Crippen LogP contribution is 2.39.